The fourth-order valence-corrected chi connectivity index (χ4v) is 4.11. The van der Waals surface area contributed by atoms with Crippen LogP contribution in [-0.2, 0) is 6.54 Å². The minimum atomic E-state index is -0.527. The monoisotopic (exact) mass is 401 g/mol. The van der Waals surface area contributed by atoms with Crippen LogP contribution in [0.2, 0.25) is 0 Å². The molecule has 7 nitrogen and oxygen atoms in total. The van der Waals surface area contributed by atoms with E-state index in [4.69, 9.17) is 0 Å². The number of halogens is 1. The second-order valence-electron chi connectivity index (χ2n) is 6.77. The van der Waals surface area contributed by atoms with Crippen LogP contribution in [-0.4, -0.2) is 33.6 Å². The van der Waals surface area contributed by atoms with E-state index >= 15 is 0 Å². The van der Waals surface area contributed by atoms with Gasteiger partial charge in [-0.2, -0.15) is 4.52 Å². The minimum Gasteiger partial charge on any atom is -0.348 e. The van der Waals surface area contributed by atoms with Crippen molar-refractivity contribution < 1.29 is 9.18 Å². The van der Waals surface area contributed by atoms with Gasteiger partial charge in [-0.05, 0) is 30.5 Å². The number of amides is 1. The zero-order chi connectivity index (χ0) is 19.5. The first-order valence-electron chi connectivity index (χ1n) is 9.28. The highest BCUT2D eigenvalue weighted by Crippen LogP contribution is 2.24. The standard InChI is InChI=1S/C19H20FN5O2S/c20-14-7-5-13(6-8-14)11-21-16(26)15-12-22-18-25(17(15)27)23-19(28-18)24-9-3-1-2-4-10-24/h5-8,12H,1-4,9-11H2,(H,21,26). The highest BCUT2D eigenvalue weighted by molar-refractivity contribution is 7.20. The smallest absolute Gasteiger partial charge is 0.288 e. The Labute approximate surface area is 164 Å². The van der Waals surface area contributed by atoms with E-state index in [0.29, 0.717) is 4.96 Å². The van der Waals surface area contributed by atoms with E-state index in [1.807, 2.05) is 0 Å². The molecule has 0 bridgehead atoms. The molecular formula is C19H20FN5O2S. The number of aromatic nitrogens is 3. The van der Waals surface area contributed by atoms with E-state index in [2.05, 4.69) is 20.3 Å². The Hall–Kier alpha value is -2.81. The number of nitrogens with zero attached hydrogens (tertiary/aromatic N) is 4. The van der Waals surface area contributed by atoms with Gasteiger partial charge in [0.2, 0.25) is 10.1 Å². The van der Waals surface area contributed by atoms with Crippen LogP contribution in [0.4, 0.5) is 9.52 Å². The third-order valence-electron chi connectivity index (χ3n) is 4.76. The molecule has 3 heterocycles. The van der Waals surface area contributed by atoms with Gasteiger partial charge in [-0.3, -0.25) is 9.59 Å². The average Bonchev–Trinajstić information content (AvgIpc) is 2.95. The molecule has 28 heavy (non-hydrogen) atoms. The second-order valence-corrected chi connectivity index (χ2v) is 7.70. The van der Waals surface area contributed by atoms with Crippen LogP contribution in [0.1, 0.15) is 41.6 Å². The Balaban J connectivity index is 1.54. The number of benzene rings is 1. The van der Waals surface area contributed by atoms with Gasteiger partial charge in [-0.1, -0.05) is 36.3 Å². The van der Waals surface area contributed by atoms with Crippen molar-refractivity contribution in [3.8, 4) is 0 Å². The third-order valence-corrected chi connectivity index (χ3v) is 5.75. The summed E-state index contributed by atoms with van der Waals surface area (Å²) in [6.45, 7) is 2.02. The Morgan fingerprint density at radius 1 is 1.14 bits per heavy atom. The zero-order valence-electron chi connectivity index (χ0n) is 15.2. The summed E-state index contributed by atoms with van der Waals surface area (Å²) >= 11 is 1.36. The Bertz CT molecular complexity index is 1040. The summed E-state index contributed by atoms with van der Waals surface area (Å²) in [5, 5.41) is 7.84. The van der Waals surface area contributed by atoms with Crippen LogP contribution in [0.15, 0.2) is 35.3 Å². The van der Waals surface area contributed by atoms with E-state index in [9.17, 15) is 14.0 Å². The van der Waals surface area contributed by atoms with Crippen molar-refractivity contribution in [2.75, 3.05) is 18.0 Å². The molecule has 3 aromatic rings. The molecule has 1 aliphatic rings. The number of carbonyl (C=O) groups is 1. The topological polar surface area (TPSA) is 79.6 Å². The summed E-state index contributed by atoms with van der Waals surface area (Å²) in [7, 11) is 0. The molecule has 1 N–H and O–H groups in total. The molecule has 0 aliphatic carbocycles. The second kappa shape index (κ2) is 8.05. The molecule has 0 radical (unpaired) electrons. The lowest BCUT2D eigenvalue weighted by molar-refractivity contribution is 0.0948. The van der Waals surface area contributed by atoms with E-state index in [-0.39, 0.29) is 17.9 Å². The number of hydrogen-bond donors (Lipinski definition) is 1. The molecule has 1 saturated heterocycles. The molecule has 9 heteroatoms. The minimum absolute atomic E-state index is 0.0627. The molecule has 1 aromatic carbocycles. The van der Waals surface area contributed by atoms with Gasteiger partial charge in [0.05, 0.1) is 0 Å². The van der Waals surface area contributed by atoms with E-state index in [0.717, 1.165) is 36.6 Å². The lowest BCUT2D eigenvalue weighted by Crippen LogP contribution is -2.31. The Kier molecular flexibility index (Phi) is 5.34. The number of anilines is 1. The number of hydrogen-bond acceptors (Lipinski definition) is 6. The van der Waals surface area contributed by atoms with Gasteiger partial charge in [0.25, 0.3) is 11.5 Å². The summed E-state index contributed by atoms with van der Waals surface area (Å²) in [6.07, 6.45) is 5.92. The van der Waals surface area contributed by atoms with Gasteiger partial charge < -0.3 is 10.2 Å². The molecule has 146 valence electrons. The molecule has 0 spiro atoms. The molecule has 0 saturated carbocycles. The van der Waals surface area contributed by atoms with Crippen LogP contribution < -0.4 is 15.8 Å². The molecule has 0 unspecified atom stereocenters. The van der Waals surface area contributed by atoms with Crippen molar-refractivity contribution in [3.63, 3.8) is 0 Å². The van der Waals surface area contributed by atoms with Crippen molar-refractivity contribution in [2.24, 2.45) is 0 Å². The van der Waals surface area contributed by atoms with Crippen molar-refractivity contribution >= 4 is 27.3 Å². The van der Waals surface area contributed by atoms with Crippen LogP contribution >= 0.6 is 11.3 Å². The van der Waals surface area contributed by atoms with Crippen LogP contribution in [0.25, 0.3) is 4.96 Å². The fourth-order valence-electron chi connectivity index (χ4n) is 3.20. The van der Waals surface area contributed by atoms with Gasteiger partial charge >= 0.3 is 0 Å². The van der Waals surface area contributed by atoms with Crippen molar-refractivity contribution in [1.29, 1.82) is 0 Å². The van der Waals surface area contributed by atoms with Crippen LogP contribution in [0.5, 0.6) is 0 Å². The molecular weight excluding hydrogens is 381 g/mol. The molecule has 1 aliphatic heterocycles. The predicted octanol–water partition coefficient (Wildman–Crippen LogP) is 2.60. The summed E-state index contributed by atoms with van der Waals surface area (Å²) in [5.41, 5.74) is 0.187. The van der Waals surface area contributed by atoms with Crippen molar-refractivity contribution in [1.82, 2.24) is 19.9 Å². The first kappa shape index (κ1) is 18.5. The largest absolute Gasteiger partial charge is 0.348 e. The lowest BCUT2D eigenvalue weighted by Gasteiger charge is -2.17. The van der Waals surface area contributed by atoms with Gasteiger partial charge in [0.15, 0.2) is 0 Å². The van der Waals surface area contributed by atoms with E-state index in [1.165, 1.54) is 47.0 Å². The Morgan fingerprint density at radius 2 is 1.86 bits per heavy atom. The number of fused-ring (bicyclic) bond motifs is 1. The molecule has 2 aromatic heterocycles. The average molecular weight is 401 g/mol. The summed E-state index contributed by atoms with van der Waals surface area (Å²) in [4.78, 5) is 32.1. The molecule has 1 amide bonds. The highest BCUT2D eigenvalue weighted by atomic mass is 32.1. The maximum atomic E-state index is 13.0. The summed E-state index contributed by atoms with van der Waals surface area (Å²) in [6, 6.07) is 5.81. The number of rotatable bonds is 4. The first-order valence-corrected chi connectivity index (χ1v) is 10.1. The maximum Gasteiger partial charge on any atom is 0.288 e. The SMILES string of the molecule is O=C(NCc1ccc(F)cc1)c1cnc2sc(N3CCCCCC3)nn2c1=O. The summed E-state index contributed by atoms with van der Waals surface area (Å²) < 4.78 is 14.2. The van der Waals surface area contributed by atoms with Gasteiger partial charge in [-0.25, -0.2) is 9.37 Å². The van der Waals surface area contributed by atoms with Gasteiger partial charge in [0, 0.05) is 25.8 Å². The number of carbonyl (C=O) groups excluding carboxylic acids is 1. The van der Waals surface area contributed by atoms with E-state index < -0.39 is 11.5 Å². The van der Waals surface area contributed by atoms with Crippen molar-refractivity contribution in [2.45, 2.75) is 32.2 Å². The number of nitrogens with one attached hydrogen (secondary N) is 1. The van der Waals surface area contributed by atoms with Crippen LogP contribution in [0, 0.1) is 5.82 Å². The predicted molar refractivity (Wildman–Crippen MR) is 105 cm³/mol. The van der Waals surface area contributed by atoms with Gasteiger partial charge in [0.1, 0.15) is 11.4 Å². The van der Waals surface area contributed by atoms with Crippen LogP contribution in [0.3, 0.4) is 0 Å². The zero-order valence-corrected chi connectivity index (χ0v) is 16.0. The highest BCUT2D eigenvalue weighted by Gasteiger charge is 2.19. The molecule has 0 atom stereocenters. The van der Waals surface area contributed by atoms with Crippen molar-refractivity contribution in [3.05, 3.63) is 57.8 Å². The lowest BCUT2D eigenvalue weighted by atomic mass is 10.2. The Morgan fingerprint density at radius 3 is 2.57 bits per heavy atom. The first-order chi connectivity index (χ1) is 13.6. The molecule has 4 rings (SSSR count). The quantitative estimate of drug-likeness (QED) is 0.727. The van der Waals surface area contributed by atoms with Gasteiger partial charge in [-0.15, -0.1) is 5.10 Å². The summed E-state index contributed by atoms with van der Waals surface area (Å²) in [5.74, 6) is -0.868. The fraction of sp³-hybridized carbons (Fsp3) is 0.368. The van der Waals surface area contributed by atoms with E-state index in [1.54, 1.807) is 12.1 Å². The third kappa shape index (κ3) is 3.89. The molecule has 1 fully saturated rings. The maximum absolute atomic E-state index is 13.0. The normalized spacial score (nSPS) is 14.8.